The SMILES string of the molecule is COc1cccc(OC)c1OCC[NH2+]CCO. The second-order valence-corrected chi connectivity index (χ2v) is 3.43. The third-order valence-corrected chi connectivity index (χ3v) is 2.28. The molecule has 0 saturated heterocycles. The van der Waals surface area contributed by atoms with Crippen LogP contribution in [0.15, 0.2) is 18.2 Å². The zero-order chi connectivity index (χ0) is 12.5. The van der Waals surface area contributed by atoms with E-state index in [0.29, 0.717) is 30.4 Å². The lowest BCUT2D eigenvalue weighted by molar-refractivity contribution is -0.656. The number of hydrogen-bond acceptors (Lipinski definition) is 4. The molecule has 5 nitrogen and oxygen atoms in total. The fourth-order valence-electron chi connectivity index (χ4n) is 1.44. The molecule has 1 aromatic rings. The largest absolute Gasteiger partial charge is 0.493 e. The fraction of sp³-hybridized carbons (Fsp3) is 0.500. The Kier molecular flexibility index (Phi) is 6.21. The maximum atomic E-state index is 8.63. The molecule has 0 radical (unpaired) electrons. The minimum atomic E-state index is 0.179. The zero-order valence-electron chi connectivity index (χ0n) is 10.3. The first-order valence-electron chi connectivity index (χ1n) is 5.59. The minimum Gasteiger partial charge on any atom is -0.493 e. The highest BCUT2D eigenvalue weighted by molar-refractivity contribution is 5.51. The molecule has 1 rings (SSSR count). The molecule has 0 heterocycles. The molecule has 0 bridgehead atoms. The van der Waals surface area contributed by atoms with Crippen LogP contribution in [0.3, 0.4) is 0 Å². The van der Waals surface area contributed by atoms with Crippen LogP contribution < -0.4 is 19.5 Å². The number of rotatable bonds is 8. The number of aliphatic hydroxyl groups excluding tert-OH is 1. The summed E-state index contributed by atoms with van der Waals surface area (Å²) in [6.07, 6.45) is 0. The van der Waals surface area contributed by atoms with E-state index in [1.54, 1.807) is 14.2 Å². The first-order valence-corrected chi connectivity index (χ1v) is 5.59. The number of para-hydroxylation sites is 1. The van der Waals surface area contributed by atoms with Gasteiger partial charge < -0.3 is 24.6 Å². The second-order valence-electron chi connectivity index (χ2n) is 3.43. The molecule has 0 aliphatic heterocycles. The van der Waals surface area contributed by atoms with E-state index in [1.165, 1.54) is 0 Å². The maximum Gasteiger partial charge on any atom is 0.203 e. The molecule has 17 heavy (non-hydrogen) atoms. The lowest BCUT2D eigenvalue weighted by atomic mass is 10.3. The van der Waals surface area contributed by atoms with Crippen molar-refractivity contribution in [3.63, 3.8) is 0 Å². The monoisotopic (exact) mass is 242 g/mol. The molecule has 0 fully saturated rings. The first kappa shape index (κ1) is 13.6. The minimum absolute atomic E-state index is 0.179. The summed E-state index contributed by atoms with van der Waals surface area (Å²) in [5.41, 5.74) is 0. The molecule has 0 saturated carbocycles. The number of methoxy groups -OCH3 is 2. The smallest absolute Gasteiger partial charge is 0.203 e. The molecule has 0 aliphatic carbocycles. The molecule has 0 atom stereocenters. The average molecular weight is 242 g/mol. The van der Waals surface area contributed by atoms with E-state index in [0.717, 1.165) is 6.54 Å². The van der Waals surface area contributed by atoms with Crippen LogP contribution in [0.25, 0.3) is 0 Å². The third-order valence-electron chi connectivity index (χ3n) is 2.28. The van der Waals surface area contributed by atoms with Crippen molar-refractivity contribution >= 4 is 0 Å². The number of benzene rings is 1. The van der Waals surface area contributed by atoms with Gasteiger partial charge in [0.05, 0.1) is 27.4 Å². The number of nitrogens with two attached hydrogens (primary N) is 1. The second kappa shape index (κ2) is 7.76. The van der Waals surface area contributed by atoms with Crippen LogP contribution in [-0.4, -0.2) is 45.6 Å². The summed E-state index contributed by atoms with van der Waals surface area (Å²) >= 11 is 0. The Labute approximate surface area is 101 Å². The van der Waals surface area contributed by atoms with Crippen LogP contribution in [0.5, 0.6) is 17.2 Å². The predicted octanol–water partition coefficient (Wildman–Crippen LogP) is -0.362. The van der Waals surface area contributed by atoms with Crippen molar-refractivity contribution in [3.05, 3.63) is 18.2 Å². The third kappa shape index (κ3) is 4.13. The van der Waals surface area contributed by atoms with Crippen LogP contribution in [0, 0.1) is 0 Å². The summed E-state index contributed by atoms with van der Waals surface area (Å²) in [4.78, 5) is 0. The maximum absolute atomic E-state index is 8.63. The Morgan fingerprint density at radius 1 is 1.12 bits per heavy atom. The van der Waals surface area contributed by atoms with E-state index in [4.69, 9.17) is 19.3 Å². The quantitative estimate of drug-likeness (QED) is 0.611. The number of aliphatic hydroxyl groups is 1. The van der Waals surface area contributed by atoms with Crippen LogP contribution in [-0.2, 0) is 0 Å². The lowest BCUT2D eigenvalue weighted by Crippen LogP contribution is -2.86. The van der Waals surface area contributed by atoms with Crippen molar-refractivity contribution in [1.29, 1.82) is 0 Å². The average Bonchev–Trinajstić information content (AvgIpc) is 2.38. The number of ether oxygens (including phenoxy) is 3. The van der Waals surface area contributed by atoms with Gasteiger partial charge in [0, 0.05) is 0 Å². The normalized spacial score (nSPS) is 10.1. The molecule has 0 amide bonds. The van der Waals surface area contributed by atoms with Crippen LogP contribution in [0.1, 0.15) is 0 Å². The summed E-state index contributed by atoms with van der Waals surface area (Å²) < 4.78 is 16.1. The number of quaternary nitrogens is 1. The number of hydrogen-bond donors (Lipinski definition) is 2. The van der Waals surface area contributed by atoms with Crippen molar-refractivity contribution in [3.8, 4) is 17.2 Å². The molecule has 96 valence electrons. The van der Waals surface area contributed by atoms with E-state index >= 15 is 0 Å². The summed E-state index contributed by atoms with van der Waals surface area (Å²) in [6.45, 7) is 2.18. The molecule has 0 unspecified atom stereocenters. The van der Waals surface area contributed by atoms with Gasteiger partial charge in [-0.25, -0.2) is 0 Å². The Morgan fingerprint density at radius 2 is 1.76 bits per heavy atom. The Bertz CT molecular complexity index is 308. The molecule has 0 aliphatic rings. The van der Waals surface area contributed by atoms with Crippen molar-refractivity contribution in [2.24, 2.45) is 0 Å². The summed E-state index contributed by atoms with van der Waals surface area (Å²) in [5, 5.41) is 10.6. The van der Waals surface area contributed by atoms with E-state index < -0.39 is 0 Å². The van der Waals surface area contributed by atoms with Gasteiger partial charge in [0.1, 0.15) is 13.2 Å². The lowest BCUT2D eigenvalue weighted by Gasteiger charge is -2.13. The van der Waals surface area contributed by atoms with E-state index in [1.807, 2.05) is 23.5 Å². The Hall–Kier alpha value is -1.46. The van der Waals surface area contributed by atoms with Gasteiger partial charge in [0.15, 0.2) is 11.5 Å². The van der Waals surface area contributed by atoms with E-state index in [-0.39, 0.29) is 6.61 Å². The summed E-state index contributed by atoms with van der Waals surface area (Å²) in [7, 11) is 3.19. The highest BCUT2D eigenvalue weighted by Crippen LogP contribution is 2.36. The van der Waals surface area contributed by atoms with Crippen LogP contribution in [0.2, 0.25) is 0 Å². The molecular formula is C12H20NO4+. The highest BCUT2D eigenvalue weighted by Gasteiger charge is 2.10. The standard InChI is InChI=1S/C12H19NO4/c1-15-10-4-3-5-11(16-2)12(10)17-9-7-13-6-8-14/h3-5,13-14H,6-9H2,1-2H3/p+1. The fourth-order valence-corrected chi connectivity index (χ4v) is 1.44. The summed E-state index contributed by atoms with van der Waals surface area (Å²) in [5.74, 6) is 1.94. The van der Waals surface area contributed by atoms with Crippen LogP contribution in [0.4, 0.5) is 0 Å². The predicted molar refractivity (Wildman–Crippen MR) is 63.8 cm³/mol. The highest BCUT2D eigenvalue weighted by atomic mass is 16.5. The van der Waals surface area contributed by atoms with E-state index in [9.17, 15) is 0 Å². The summed E-state index contributed by atoms with van der Waals surface area (Å²) in [6, 6.07) is 5.51. The van der Waals surface area contributed by atoms with Gasteiger partial charge in [-0.3, -0.25) is 0 Å². The zero-order valence-corrected chi connectivity index (χ0v) is 10.3. The topological polar surface area (TPSA) is 64.5 Å². The van der Waals surface area contributed by atoms with Crippen molar-refractivity contribution in [2.45, 2.75) is 0 Å². The Balaban J connectivity index is 2.55. The van der Waals surface area contributed by atoms with Crippen molar-refractivity contribution in [2.75, 3.05) is 40.5 Å². The van der Waals surface area contributed by atoms with Gasteiger partial charge in [-0.1, -0.05) is 6.07 Å². The van der Waals surface area contributed by atoms with Gasteiger partial charge in [-0.05, 0) is 12.1 Å². The van der Waals surface area contributed by atoms with Crippen molar-refractivity contribution < 1.29 is 24.6 Å². The first-order chi connectivity index (χ1) is 8.33. The van der Waals surface area contributed by atoms with E-state index in [2.05, 4.69) is 0 Å². The van der Waals surface area contributed by atoms with Crippen molar-refractivity contribution in [1.82, 2.24) is 0 Å². The molecule has 1 aromatic carbocycles. The van der Waals surface area contributed by atoms with Gasteiger partial charge in [0.2, 0.25) is 5.75 Å². The Morgan fingerprint density at radius 3 is 2.29 bits per heavy atom. The molecule has 0 spiro atoms. The molecule has 0 aromatic heterocycles. The van der Waals surface area contributed by atoms with Gasteiger partial charge >= 0.3 is 0 Å². The van der Waals surface area contributed by atoms with Gasteiger partial charge in [-0.2, -0.15) is 0 Å². The molecule has 3 N–H and O–H groups in total. The molecule has 5 heteroatoms. The molecular weight excluding hydrogens is 222 g/mol. The van der Waals surface area contributed by atoms with Gasteiger partial charge in [-0.15, -0.1) is 0 Å². The van der Waals surface area contributed by atoms with Gasteiger partial charge in [0.25, 0.3) is 0 Å². The van der Waals surface area contributed by atoms with Crippen LogP contribution >= 0.6 is 0 Å².